The van der Waals surface area contributed by atoms with Gasteiger partial charge in [0.05, 0.1) is 18.2 Å². The van der Waals surface area contributed by atoms with Crippen molar-refractivity contribution in [2.75, 3.05) is 7.11 Å². The number of hydrogen-bond donors (Lipinski definition) is 0. The number of fused-ring (bicyclic) bond motifs is 1. The number of imidazole rings is 1. The zero-order valence-electron chi connectivity index (χ0n) is 24.5. The van der Waals surface area contributed by atoms with Crippen LogP contribution >= 0.6 is 0 Å². The number of methoxy groups -OCH3 is 1. The number of ether oxygens (including phenoxy) is 2. The van der Waals surface area contributed by atoms with Crippen molar-refractivity contribution >= 4 is 11.0 Å². The number of nitrogens with zero attached hydrogens (tertiary/aromatic N) is 8. The van der Waals surface area contributed by atoms with Crippen LogP contribution in [0.4, 0.5) is 17.6 Å². The highest BCUT2D eigenvalue weighted by Crippen LogP contribution is 2.67. The van der Waals surface area contributed by atoms with Gasteiger partial charge < -0.3 is 14.0 Å². The van der Waals surface area contributed by atoms with Gasteiger partial charge in [-0.25, -0.2) is 29.9 Å². The third kappa shape index (κ3) is 5.31. The van der Waals surface area contributed by atoms with Crippen LogP contribution in [0, 0.1) is 11.4 Å². The van der Waals surface area contributed by atoms with E-state index in [1.165, 1.54) is 51.9 Å². The van der Waals surface area contributed by atoms with Crippen LogP contribution in [0.1, 0.15) is 61.4 Å². The van der Waals surface area contributed by atoms with Gasteiger partial charge in [0.25, 0.3) is 0 Å². The average molecular weight is 621 g/mol. The molecule has 14 heteroatoms. The van der Waals surface area contributed by atoms with Gasteiger partial charge in [-0.05, 0) is 48.9 Å². The zero-order chi connectivity index (χ0) is 31.3. The van der Waals surface area contributed by atoms with E-state index >= 15 is 4.39 Å². The van der Waals surface area contributed by atoms with Crippen molar-refractivity contribution in [1.82, 2.24) is 39.5 Å². The van der Waals surface area contributed by atoms with Gasteiger partial charge in [-0.1, -0.05) is 19.3 Å². The van der Waals surface area contributed by atoms with Crippen LogP contribution in [0.2, 0.25) is 0 Å². The van der Waals surface area contributed by atoms with Crippen molar-refractivity contribution < 1.29 is 27.0 Å². The second kappa shape index (κ2) is 11.0. The number of hydrogen-bond acceptors (Lipinski definition) is 9. The predicted molar refractivity (Wildman–Crippen MR) is 154 cm³/mol. The molecule has 2 aliphatic rings. The first-order valence-electron chi connectivity index (χ1n) is 14.6. The Balaban J connectivity index is 1.21. The quantitative estimate of drug-likeness (QED) is 0.149. The Kier molecular flexibility index (Phi) is 7.09. The molecule has 0 N–H and O–H groups in total. The largest absolute Gasteiger partial charge is 0.480 e. The van der Waals surface area contributed by atoms with Gasteiger partial charge in [0.15, 0.2) is 23.0 Å². The molecule has 2 saturated carbocycles. The lowest BCUT2D eigenvalue weighted by atomic mass is 9.83. The Morgan fingerprint density at radius 3 is 2.53 bits per heavy atom. The van der Waals surface area contributed by atoms with Gasteiger partial charge in [0.2, 0.25) is 17.7 Å². The lowest BCUT2D eigenvalue weighted by Gasteiger charge is -2.23. The molecule has 2 fully saturated rings. The third-order valence-electron chi connectivity index (χ3n) is 8.75. The molecule has 1 atom stereocenters. The first-order chi connectivity index (χ1) is 21.7. The second-order valence-electron chi connectivity index (χ2n) is 11.5. The first-order valence-corrected chi connectivity index (χ1v) is 14.6. The van der Waals surface area contributed by atoms with Gasteiger partial charge in [0, 0.05) is 30.9 Å². The van der Waals surface area contributed by atoms with Crippen molar-refractivity contribution in [3.63, 3.8) is 0 Å². The Bertz CT molecular complexity index is 1910. The van der Waals surface area contributed by atoms with E-state index in [9.17, 15) is 13.2 Å². The minimum absolute atomic E-state index is 0.0484. The molecule has 0 amide bonds. The molecule has 0 bridgehead atoms. The summed E-state index contributed by atoms with van der Waals surface area (Å²) in [4.78, 5) is 30.4. The van der Waals surface area contributed by atoms with E-state index in [1.54, 1.807) is 18.3 Å². The van der Waals surface area contributed by atoms with Crippen molar-refractivity contribution in [3.8, 4) is 34.7 Å². The standard InChI is InChI=1S/C31H28F4N8O2/c1-43-14-21(31(33,34)35)40-27(43)20-9-8-17(24(32)39-20)15-45-28-18-7-6-12-36-25(18)41-26(42-28)22-23(37-16-38-29(22)44-2)19-13-30(19)10-4-3-5-11-30/h6-9,12,14,16,19H,3-5,10-11,13,15H2,1-2H3. The molecule has 5 aromatic heterocycles. The lowest BCUT2D eigenvalue weighted by Crippen LogP contribution is -2.11. The molecule has 0 radical (unpaired) electrons. The SMILES string of the molecule is COc1ncnc(C2CC23CCCCC3)c1-c1nc(OCc2ccc(-c3nc(C(F)(F)F)cn3C)nc2F)c2cccnc2n1. The summed E-state index contributed by atoms with van der Waals surface area (Å²) in [6, 6.07) is 6.25. The molecule has 1 spiro atoms. The van der Waals surface area contributed by atoms with E-state index < -0.39 is 17.8 Å². The Morgan fingerprint density at radius 2 is 1.80 bits per heavy atom. The van der Waals surface area contributed by atoms with E-state index in [0.29, 0.717) is 22.5 Å². The van der Waals surface area contributed by atoms with Crippen molar-refractivity contribution in [2.45, 2.75) is 57.2 Å². The van der Waals surface area contributed by atoms with Crippen LogP contribution < -0.4 is 9.47 Å². The second-order valence-corrected chi connectivity index (χ2v) is 11.5. The minimum Gasteiger partial charge on any atom is -0.480 e. The van der Waals surface area contributed by atoms with E-state index in [0.717, 1.165) is 35.7 Å². The molecule has 45 heavy (non-hydrogen) atoms. The van der Waals surface area contributed by atoms with Gasteiger partial charge in [-0.15, -0.1) is 0 Å². The number of aromatic nitrogens is 8. The summed E-state index contributed by atoms with van der Waals surface area (Å²) in [6.45, 7) is -0.269. The first kappa shape index (κ1) is 29.0. The zero-order valence-corrected chi connectivity index (χ0v) is 24.5. The van der Waals surface area contributed by atoms with Crippen LogP contribution in [0.15, 0.2) is 43.0 Å². The molecule has 0 saturated heterocycles. The Morgan fingerprint density at radius 1 is 0.978 bits per heavy atom. The van der Waals surface area contributed by atoms with Crippen LogP contribution in [0.3, 0.4) is 0 Å². The van der Waals surface area contributed by atoms with E-state index in [2.05, 4.69) is 24.9 Å². The maximum Gasteiger partial charge on any atom is 0.434 e. The number of alkyl halides is 3. The molecule has 7 rings (SSSR count). The summed E-state index contributed by atoms with van der Waals surface area (Å²) in [5.41, 5.74) is 0.929. The monoisotopic (exact) mass is 620 g/mol. The Hall–Kier alpha value is -4.75. The number of pyridine rings is 2. The number of aryl methyl sites for hydroxylation is 1. The fourth-order valence-corrected chi connectivity index (χ4v) is 6.39. The highest BCUT2D eigenvalue weighted by molar-refractivity contribution is 5.83. The van der Waals surface area contributed by atoms with Gasteiger partial charge in [-0.3, -0.25) is 0 Å². The van der Waals surface area contributed by atoms with E-state index in [-0.39, 0.29) is 46.7 Å². The van der Waals surface area contributed by atoms with Crippen LogP contribution in [-0.2, 0) is 19.8 Å². The molecule has 5 aromatic rings. The number of rotatable bonds is 7. The normalized spacial score (nSPS) is 17.5. The van der Waals surface area contributed by atoms with Gasteiger partial charge in [-0.2, -0.15) is 22.5 Å². The van der Waals surface area contributed by atoms with E-state index in [1.807, 2.05) is 0 Å². The summed E-state index contributed by atoms with van der Waals surface area (Å²) >= 11 is 0. The highest BCUT2D eigenvalue weighted by atomic mass is 19.4. The molecule has 232 valence electrons. The van der Waals surface area contributed by atoms with Gasteiger partial charge >= 0.3 is 6.18 Å². The predicted octanol–water partition coefficient (Wildman–Crippen LogP) is 6.46. The Labute approximate surface area is 254 Å². The van der Waals surface area contributed by atoms with Crippen molar-refractivity contribution in [2.24, 2.45) is 12.5 Å². The summed E-state index contributed by atoms with van der Waals surface area (Å²) in [5.74, 6) is -0.00904. The molecule has 5 heterocycles. The molecular formula is C31H28F4N8O2. The molecular weight excluding hydrogens is 592 g/mol. The summed E-state index contributed by atoms with van der Waals surface area (Å²) < 4.78 is 67.4. The topological polar surface area (TPSA) is 114 Å². The molecule has 10 nitrogen and oxygen atoms in total. The summed E-state index contributed by atoms with van der Waals surface area (Å²) in [5, 5.41) is 0.506. The molecule has 2 aliphatic carbocycles. The van der Waals surface area contributed by atoms with E-state index in [4.69, 9.17) is 19.4 Å². The van der Waals surface area contributed by atoms with Crippen LogP contribution in [-0.4, -0.2) is 46.6 Å². The average Bonchev–Trinajstić information content (AvgIpc) is 3.56. The van der Waals surface area contributed by atoms with Crippen molar-refractivity contribution in [1.29, 1.82) is 0 Å². The summed E-state index contributed by atoms with van der Waals surface area (Å²) in [6.07, 6.45) is 6.28. The minimum atomic E-state index is -4.64. The maximum absolute atomic E-state index is 15.2. The lowest BCUT2D eigenvalue weighted by molar-refractivity contribution is -0.140. The fraction of sp³-hybridized carbons (Fsp3) is 0.387. The smallest absolute Gasteiger partial charge is 0.434 e. The fourth-order valence-electron chi connectivity index (χ4n) is 6.39. The van der Waals surface area contributed by atoms with Crippen molar-refractivity contribution in [3.05, 3.63) is 65.9 Å². The van der Waals surface area contributed by atoms with Gasteiger partial charge in [0.1, 0.15) is 24.2 Å². The highest BCUT2D eigenvalue weighted by Gasteiger charge is 2.56. The number of halogens is 4. The van der Waals surface area contributed by atoms with Crippen LogP contribution in [0.25, 0.3) is 33.9 Å². The maximum atomic E-state index is 15.2. The summed E-state index contributed by atoms with van der Waals surface area (Å²) in [7, 11) is 2.92. The molecule has 0 aliphatic heterocycles. The van der Waals surface area contributed by atoms with Crippen LogP contribution in [0.5, 0.6) is 11.8 Å². The molecule has 1 unspecified atom stereocenters. The molecule has 0 aromatic carbocycles. The third-order valence-corrected chi connectivity index (χ3v) is 8.75.